The van der Waals surface area contributed by atoms with Crippen molar-refractivity contribution in [3.05, 3.63) is 11.6 Å². The Morgan fingerprint density at radius 2 is 2.20 bits per heavy atom. The van der Waals surface area contributed by atoms with Crippen LogP contribution in [0.1, 0.15) is 47.0 Å². The first-order valence-electron chi connectivity index (χ1n) is 5.73. The summed E-state index contributed by atoms with van der Waals surface area (Å²) in [6.07, 6.45) is 5.37. The zero-order valence-electron chi connectivity index (χ0n) is 10.1. The molecule has 2 unspecified atom stereocenters. The summed E-state index contributed by atoms with van der Waals surface area (Å²) in [5.41, 5.74) is 0.835. The minimum Gasteiger partial charge on any atom is -0.460 e. The molecule has 0 aromatic rings. The Hall–Kier alpha value is -0.790. The molecule has 84 valence electrons. The standard InChI is InChI=1S/C13H20O2/c1-12(2,3)15-11(14)13(4)8-9-5-6-10(13)7-9/h5,10H,6-8H2,1-4H3. The van der Waals surface area contributed by atoms with Crippen LogP contribution >= 0.6 is 0 Å². The van der Waals surface area contributed by atoms with Gasteiger partial charge in [0.15, 0.2) is 0 Å². The van der Waals surface area contributed by atoms with Crippen LogP contribution in [0.4, 0.5) is 0 Å². The predicted octanol–water partition coefficient (Wildman–Crippen LogP) is 3.07. The largest absolute Gasteiger partial charge is 0.460 e. The number of fused-ring (bicyclic) bond motifs is 2. The number of allylic oxidation sites excluding steroid dienone is 2. The quantitative estimate of drug-likeness (QED) is 0.489. The fourth-order valence-electron chi connectivity index (χ4n) is 2.67. The number of rotatable bonds is 1. The highest BCUT2D eigenvalue weighted by Gasteiger charge is 2.50. The van der Waals surface area contributed by atoms with Crippen molar-refractivity contribution >= 4 is 5.97 Å². The molecule has 0 aromatic carbocycles. The fourth-order valence-corrected chi connectivity index (χ4v) is 2.67. The van der Waals surface area contributed by atoms with Gasteiger partial charge in [0.05, 0.1) is 5.41 Å². The van der Waals surface area contributed by atoms with Gasteiger partial charge in [-0.15, -0.1) is 0 Å². The highest BCUT2D eigenvalue weighted by Crippen LogP contribution is 2.53. The van der Waals surface area contributed by atoms with Gasteiger partial charge < -0.3 is 4.74 Å². The predicted molar refractivity (Wildman–Crippen MR) is 59.4 cm³/mol. The minimum absolute atomic E-state index is 0.0110. The van der Waals surface area contributed by atoms with Gasteiger partial charge in [0.25, 0.3) is 0 Å². The number of hydrogen-bond acceptors (Lipinski definition) is 2. The molecule has 0 heterocycles. The SMILES string of the molecule is CC(C)(C)OC(=O)C1(C)CC2=CCC1C2. The molecule has 2 nitrogen and oxygen atoms in total. The summed E-state index contributed by atoms with van der Waals surface area (Å²) >= 11 is 0. The van der Waals surface area contributed by atoms with E-state index in [1.807, 2.05) is 20.8 Å². The topological polar surface area (TPSA) is 26.3 Å². The smallest absolute Gasteiger partial charge is 0.312 e. The molecule has 0 amide bonds. The maximum absolute atomic E-state index is 12.1. The zero-order valence-corrected chi connectivity index (χ0v) is 10.1. The Bertz CT molecular complexity index is 322. The van der Waals surface area contributed by atoms with Crippen molar-refractivity contribution in [3.8, 4) is 0 Å². The third kappa shape index (κ3) is 1.82. The van der Waals surface area contributed by atoms with Gasteiger partial charge in [0.2, 0.25) is 0 Å². The summed E-state index contributed by atoms with van der Waals surface area (Å²) in [7, 11) is 0. The fraction of sp³-hybridized carbons (Fsp3) is 0.769. The van der Waals surface area contributed by atoms with E-state index in [-0.39, 0.29) is 17.0 Å². The molecule has 1 saturated carbocycles. The summed E-state index contributed by atoms with van der Waals surface area (Å²) in [5, 5.41) is 0. The van der Waals surface area contributed by atoms with Crippen LogP contribution in [0.2, 0.25) is 0 Å². The summed E-state index contributed by atoms with van der Waals surface area (Å²) in [4.78, 5) is 12.1. The van der Waals surface area contributed by atoms with Gasteiger partial charge in [-0.1, -0.05) is 11.6 Å². The molecule has 1 fully saturated rings. The van der Waals surface area contributed by atoms with E-state index in [1.165, 1.54) is 5.57 Å². The molecule has 0 N–H and O–H groups in total. The Balaban J connectivity index is 2.11. The lowest BCUT2D eigenvalue weighted by Crippen LogP contribution is -2.38. The van der Waals surface area contributed by atoms with E-state index in [9.17, 15) is 4.79 Å². The summed E-state index contributed by atoms with van der Waals surface area (Å²) < 4.78 is 5.51. The second-order valence-electron chi connectivity index (χ2n) is 6.10. The van der Waals surface area contributed by atoms with Crippen molar-refractivity contribution in [2.45, 2.75) is 52.6 Å². The second kappa shape index (κ2) is 3.10. The Labute approximate surface area is 91.7 Å². The van der Waals surface area contributed by atoms with E-state index in [2.05, 4.69) is 13.0 Å². The average molecular weight is 208 g/mol. The molecular weight excluding hydrogens is 188 g/mol. The van der Waals surface area contributed by atoms with Crippen LogP contribution in [-0.2, 0) is 9.53 Å². The number of carbonyl (C=O) groups excluding carboxylic acids is 1. The van der Waals surface area contributed by atoms with Crippen LogP contribution in [0.25, 0.3) is 0 Å². The van der Waals surface area contributed by atoms with Crippen LogP contribution < -0.4 is 0 Å². The maximum atomic E-state index is 12.1. The lowest BCUT2D eigenvalue weighted by atomic mass is 9.76. The van der Waals surface area contributed by atoms with Crippen LogP contribution in [0.15, 0.2) is 11.6 Å². The van der Waals surface area contributed by atoms with E-state index in [0.717, 1.165) is 19.3 Å². The average Bonchev–Trinajstić information content (AvgIpc) is 2.60. The van der Waals surface area contributed by atoms with Crippen molar-refractivity contribution in [1.29, 1.82) is 0 Å². The van der Waals surface area contributed by atoms with Gasteiger partial charge in [-0.25, -0.2) is 0 Å². The molecule has 2 bridgehead atoms. The summed E-state index contributed by atoms with van der Waals surface area (Å²) in [5.74, 6) is 0.477. The molecular formula is C13H20O2. The monoisotopic (exact) mass is 208 g/mol. The Morgan fingerprint density at radius 3 is 2.60 bits per heavy atom. The van der Waals surface area contributed by atoms with E-state index < -0.39 is 0 Å². The first-order valence-corrected chi connectivity index (χ1v) is 5.73. The lowest BCUT2D eigenvalue weighted by Gasteiger charge is -2.33. The number of hydrogen-bond donors (Lipinski definition) is 0. The van der Waals surface area contributed by atoms with E-state index in [1.54, 1.807) is 0 Å². The summed E-state index contributed by atoms with van der Waals surface area (Å²) in [6, 6.07) is 0. The number of carbonyl (C=O) groups is 1. The Kier molecular flexibility index (Phi) is 2.21. The molecule has 0 saturated heterocycles. The molecule has 0 spiro atoms. The van der Waals surface area contributed by atoms with E-state index in [4.69, 9.17) is 4.74 Å². The van der Waals surface area contributed by atoms with Crippen LogP contribution in [-0.4, -0.2) is 11.6 Å². The van der Waals surface area contributed by atoms with Crippen LogP contribution in [0.3, 0.4) is 0 Å². The molecule has 0 aliphatic heterocycles. The lowest BCUT2D eigenvalue weighted by molar-refractivity contribution is -0.168. The van der Waals surface area contributed by atoms with Gasteiger partial charge in [0.1, 0.15) is 5.60 Å². The number of ether oxygens (including phenoxy) is 1. The summed E-state index contributed by atoms with van der Waals surface area (Å²) in [6.45, 7) is 7.86. The normalized spacial score (nSPS) is 34.1. The van der Waals surface area contributed by atoms with E-state index in [0.29, 0.717) is 5.92 Å². The van der Waals surface area contributed by atoms with Crippen molar-refractivity contribution < 1.29 is 9.53 Å². The molecule has 0 radical (unpaired) electrons. The van der Waals surface area contributed by atoms with Crippen LogP contribution in [0, 0.1) is 11.3 Å². The van der Waals surface area contributed by atoms with Crippen molar-refractivity contribution in [2.75, 3.05) is 0 Å². The molecule has 2 rings (SSSR count). The van der Waals surface area contributed by atoms with Crippen molar-refractivity contribution in [1.82, 2.24) is 0 Å². The first-order chi connectivity index (χ1) is 6.81. The van der Waals surface area contributed by atoms with E-state index >= 15 is 0 Å². The van der Waals surface area contributed by atoms with Gasteiger partial charge in [0, 0.05) is 0 Å². The maximum Gasteiger partial charge on any atom is 0.312 e. The third-order valence-electron chi connectivity index (χ3n) is 3.56. The van der Waals surface area contributed by atoms with Crippen LogP contribution in [0.5, 0.6) is 0 Å². The molecule has 2 aliphatic rings. The second-order valence-corrected chi connectivity index (χ2v) is 6.10. The molecule has 2 aliphatic carbocycles. The molecule has 2 atom stereocenters. The number of esters is 1. The van der Waals surface area contributed by atoms with Gasteiger partial charge >= 0.3 is 5.97 Å². The Morgan fingerprint density at radius 1 is 1.53 bits per heavy atom. The molecule has 0 aromatic heterocycles. The third-order valence-corrected chi connectivity index (χ3v) is 3.56. The highest BCUT2D eigenvalue weighted by atomic mass is 16.6. The highest BCUT2D eigenvalue weighted by molar-refractivity contribution is 5.79. The van der Waals surface area contributed by atoms with Crippen molar-refractivity contribution in [3.63, 3.8) is 0 Å². The zero-order chi connectivity index (χ0) is 11.3. The van der Waals surface area contributed by atoms with Gasteiger partial charge in [-0.05, 0) is 52.9 Å². The van der Waals surface area contributed by atoms with Gasteiger partial charge in [-0.2, -0.15) is 0 Å². The first kappa shape index (κ1) is 10.7. The molecule has 2 heteroatoms. The van der Waals surface area contributed by atoms with Crippen molar-refractivity contribution in [2.24, 2.45) is 11.3 Å². The minimum atomic E-state index is -0.365. The molecule has 15 heavy (non-hydrogen) atoms. The van der Waals surface area contributed by atoms with Gasteiger partial charge in [-0.3, -0.25) is 4.79 Å².